The highest BCUT2D eigenvalue weighted by Crippen LogP contribution is 2.58. The number of carbonyl (C=O) groups excluding carboxylic acids is 1. The zero-order valence-electron chi connectivity index (χ0n) is 10.3. The van der Waals surface area contributed by atoms with Gasteiger partial charge in [-0.2, -0.15) is 0 Å². The molecule has 2 saturated carbocycles. The molecule has 4 heteroatoms. The van der Waals surface area contributed by atoms with Gasteiger partial charge in [0, 0.05) is 12.5 Å². The van der Waals surface area contributed by atoms with Crippen LogP contribution in [0.2, 0.25) is 0 Å². The summed E-state index contributed by atoms with van der Waals surface area (Å²) < 4.78 is 5.47. The van der Waals surface area contributed by atoms with Crippen molar-refractivity contribution in [2.45, 2.75) is 38.3 Å². The molecule has 4 atom stereocenters. The number of hydrogen-bond donors (Lipinski definition) is 1. The fourth-order valence-corrected chi connectivity index (χ4v) is 3.61. The summed E-state index contributed by atoms with van der Waals surface area (Å²) in [6, 6.07) is 0.159. The Balaban J connectivity index is 1.64. The maximum atomic E-state index is 12.4. The number of ether oxygens (including phenoxy) is 1. The maximum absolute atomic E-state index is 12.4. The molecule has 3 aliphatic rings. The molecule has 1 aliphatic heterocycles. The second-order valence-corrected chi connectivity index (χ2v) is 5.76. The lowest BCUT2D eigenvalue weighted by Gasteiger charge is -2.38. The third-order valence-electron chi connectivity index (χ3n) is 4.68. The number of morpholine rings is 1. The summed E-state index contributed by atoms with van der Waals surface area (Å²) in [5.74, 6) is 1.95. The molecule has 0 aromatic carbocycles. The highest BCUT2D eigenvalue weighted by molar-refractivity contribution is 5.83. The van der Waals surface area contributed by atoms with E-state index < -0.39 is 0 Å². The van der Waals surface area contributed by atoms with Gasteiger partial charge in [-0.15, -0.1) is 0 Å². The first-order valence-corrected chi connectivity index (χ1v) is 6.75. The number of hydrogen-bond acceptors (Lipinski definition) is 3. The van der Waals surface area contributed by atoms with E-state index in [9.17, 15) is 4.79 Å². The van der Waals surface area contributed by atoms with Crippen LogP contribution in [0.4, 0.5) is 0 Å². The SMILES string of the molecule is CC1COC(CO)CN1C(=O)C1C2CCCC21. The normalized spacial score (nSPS) is 44.6. The van der Waals surface area contributed by atoms with Crippen LogP contribution in [0.25, 0.3) is 0 Å². The van der Waals surface area contributed by atoms with Crippen molar-refractivity contribution in [3.63, 3.8) is 0 Å². The van der Waals surface area contributed by atoms with E-state index in [2.05, 4.69) is 0 Å². The Bertz CT molecular complexity index is 310. The van der Waals surface area contributed by atoms with Gasteiger partial charge in [0.1, 0.15) is 0 Å². The summed E-state index contributed by atoms with van der Waals surface area (Å²) in [7, 11) is 0. The Morgan fingerprint density at radius 3 is 2.76 bits per heavy atom. The van der Waals surface area contributed by atoms with E-state index in [0.29, 0.717) is 36.8 Å². The minimum absolute atomic E-state index is 0.00796. The lowest BCUT2D eigenvalue weighted by atomic mass is 10.1. The van der Waals surface area contributed by atoms with Gasteiger partial charge in [-0.1, -0.05) is 6.42 Å². The smallest absolute Gasteiger partial charge is 0.226 e. The number of carbonyl (C=O) groups is 1. The van der Waals surface area contributed by atoms with Crippen molar-refractivity contribution in [1.29, 1.82) is 0 Å². The Kier molecular flexibility index (Phi) is 2.87. The summed E-state index contributed by atoms with van der Waals surface area (Å²) in [5, 5.41) is 9.13. The van der Waals surface area contributed by atoms with Gasteiger partial charge < -0.3 is 14.7 Å². The number of rotatable bonds is 2. The molecule has 1 amide bonds. The zero-order chi connectivity index (χ0) is 12.0. The number of amides is 1. The zero-order valence-corrected chi connectivity index (χ0v) is 10.3. The third-order valence-corrected chi connectivity index (χ3v) is 4.68. The first-order valence-electron chi connectivity index (χ1n) is 6.75. The predicted octanol–water partition coefficient (Wildman–Crippen LogP) is 0.641. The first-order chi connectivity index (χ1) is 8.22. The Morgan fingerprint density at radius 1 is 1.41 bits per heavy atom. The Morgan fingerprint density at radius 2 is 2.12 bits per heavy atom. The van der Waals surface area contributed by atoms with Crippen molar-refractivity contribution in [3.05, 3.63) is 0 Å². The van der Waals surface area contributed by atoms with Crippen LogP contribution >= 0.6 is 0 Å². The minimum atomic E-state index is -0.186. The first kappa shape index (κ1) is 11.5. The lowest BCUT2D eigenvalue weighted by molar-refractivity contribution is -0.148. The van der Waals surface area contributed by atoms with Crippen LogP contribution in [0.1, 0.15) is 26.2 Å². The molecule has 1 saturated heterocycles. The van der Waals surface area contributed by atoms with Gasteiger partial charge in [0.2, 0.25) is 5.91 Å². The van der Waals surface area contributed by atoms with Gasteiger partial charge >= 0.3 is 0 Å². The standard InChI is InChI=1S/C13H21NO3/c1-8-7-17-9(6-15)5-14(8)13(16)12-10-3-2-4-11(10)12/h8-12,15H,2-7H2,1H3. The second-order valence-electron chi connectivity index (χ2n) is 5.76. The Hall–Kier alpha value is -0.610. The average Bonchev–Trinajstić information content (AvgIpc) is 2.82. The van der Waals surface area contributed by atoms with Crippen LogP contribution in [0.5, 0.6) is 0 Å². The molecule has 0 radical (unpaired) electrons. The molecule has 1 heterocycles. The van der Waals surface area contributed by atoms with E-state index in [4.69, 9.17) is 9.84 Å². The van der Waals surface area contributed by atoms with Crippen molar-refractivity contribution >= 4 is 5.91 Å². The highest BCUT2D eigenvalue weighted by Gasteiger charge is 2.58. The molecule has 3 fully saturated rings. The van der Waals surface area contributed by atoms with E-state index in [1.165, 1.54) is 19.3 Å². The molecule has 4 nitrogen and oxygen atoms in total. The highest BCUT2D eigenvalue weighted by atomic mass is 16.5. The number of nitrogens with zero attached hydrogens (tertiary/aromatic N) is 1. The number of aliphatic hydroxyl groups excluding tert-OH is 1. The molecule has 0 aromatic rings. The van der Waals surface area contributed by atoms with E-state index in [-0.39, 0.29) is 18.8 Å². The van der Waals surface area contributed by atoms with Crippen molar-refractivity contribution in [1.82, 2.24) is 4.90 Å². The molecule has 96 valence electrons. The van der Waals surface area contributed by atoms with Gasteiger partial charge in [-0.25, -0.2) is 0 Å². The number of fused-ring (bicyclic) bond motifs is 1. The number of aliphatic hydroxyl groups is 1. The molecular weight excluding hydrogens is 218 g/mol. The van der Waals surface area contributed by atoms with Crippen molar-refractivity contribution < 1.29 is 14.6 Å². The summed E-state index contributed by atoms with van der Waals surface area (Å²) in [6.45, 7) is 3.16. The van der Waals surface area contributed by atoms with Crippen LogP contribution in [0.3, 0.4) is 0 Å². The third kappa shape index (κ3) is 1.87. The van der Waals surface area contributed by atoms with Gasteiger partial charge in [0.05, 0.1) is 25.4 Å². The summed E-state index contributed by atoms with van der Waals surface area (Å²) >= 11 is 0. The van der Waals surface area contributed by atoms with E-state index in [0.717, 1.165) is 0 Å². The fourth-order valence-electron chi connectivity index (χ4n) is 3.61. The van der Waals surface area contributed by atoms with Crippen LogP contribution in [-0.4, -0.2) is 47.8 Å². The molecule has 1 N–H and O–H groups in total. The quantitative estimate of drug-likeness (QED) is 0.769. The van der Waals surface area contributed by atoms with Crippen molar-refractivity contribution in [2.24, 2.45) is 17.8 Å². The summed E-state index contributed by atoms with van der Waals surface area (Å²) in [4.78, 5) is 14.4. The average molecular weight is 239 g/mol. The van der Waals surface area contributed by atoms with Gasteiger partial charge in [-0.3, -0.25) is 4.79 Å². The fraction of sp³-hybridized carbons (Fsp3) is 0.923. The Labute approximate surface area is 102 Å². The predicted molar refractivity (Wildman–Crippen MR) is 62.3 cm³/mol. The maximum Gasteiger partial charge on any atom is 0.226 e. The van der Waals surface area contributed by atoms with E-state index >= 15 is 0 Å². The monoisotopic (exact) mass is 239 g/mol. The molecule has 0 spiro atoms. The molecule has 4 unspecified atom stereocenters. The van der Waals surface area contributed by atoms with Crippen LogP contribution in [0, 0.1) is 17.8 Å². The molecule has 0 bridgehead atoms. The minimum Gasteiger partial charge on any atom is -0.394 e. The van der Waals surface area contributed by atoms with E-state index in [1.54, 1.807) is 0 Å². The van der Waals surface area contributed by atoms with Crippen LogP contribution < -0.4 is 0 Å². The second kappa shape index (κ2) is 4.25. The molecule has 3 rings (SSSR count). The largest absolute Gasteiger partial charge is 0.394 e. The van der Waals surface area contributed by atoms with Gasteiger partial charge in [0.15, 0.2) is 0 Å². The summed E-state index contributed by atoms with van der Waals surface area (Å²) in [6.07, 6.45) is 3.59. The van der Waals surface area contributed by atoms with Gasteiger partial charge in [-0.05, 0) is 31.6 Å². The van der Waals surface area contributed by atoms with E-state index in [1.807, 2.05) is 11.8 Å². The van der Waals surface area contributed by atoms with Crippen molar-refractivity contribution in [3.8, 4) is 0 Å². The molecular formula is C13H21NO3. The van der Waals surface area contributed by atoms with Gasteiger partial charge in [0.25, 0.3) is 0 Å². The lowest BCUT2D eigenvalue weighted by Crippen LogP contribution is -2.52. The van der Waals surface area contributed by atoms with Crippen molar-refractivity contribution in [2.75, 3.05) is 19.8 Å². The molecule has 17 heavy (non-hydrogen) atoms. The summed E-state index contributed by atoms with van der Waals surface area (Å²) in [5.41, 5.74) is 0. The molecule has 0 aromatic heterocycles. The van der Waals surface area contributed by atoms with Crippen LogP contribution in [-0.2, 0) is 9.53 Å². The topological polar surface area (TPSA) is 49.8 Å². The van der Waals surface area contributed by atoms with Crippen LogP contribution in [0.15, 0.2) is 0 Å². The molecule has 2 aliphatic carbocycles.